The van der Waals surface area contributed by atoms with Crippen LogP contribution in [0.2, 0.25) is 0 Å². The van der Waals surface area contributed by atoms with Gasteiger partial charge in [-0.25, -0.2) is 4.98 Å². The van der Waals surface area contributed by atoms with Gasteiger partial charge >= 0.3 is 0 Å². The Kier molecular flexibility index (Phi) is 2.13. The monoisotopic (exact) mass is 190 g/mol. The topological polar surface area (TPSA) is 59.6 Å². The van der Waals surface area contributed by atoms with Crippen LogP contribution in [0.3, 0.4) is 0 Å². The third kappa shape index (κ3) is 1.44. The smallest absolute Gasteiger partial charge is 0.120 e. The van der Waals surface area contributed by atoms with E-state index in [4.69, 9.17) is 5.73 Å². The average molecular weight is 190 g/mol. The molecule has 0 unspecified atom stereocenters. The summed E-state index contributed by atoms with van der Waals surface area (Å²) in [6.07, 6.45) is 4.05. The molecule has 2 aromatic rings. The number of rotatable bonds is 2. The van der Waals surface area contributed by atoms with Gasteiger partial charge in [0, 0.05) is 30.7 Å². The van der Waals surface area contributed by atoms with Gasteiger partial charge in [0.15, 0.2) is 0 Å². The normalized spacial score (nSPS) is 10.8. The second kappa shape index (κ2) is 3.31. The lowest BCUT2D eigenvalue weighted by Crippen LogP contribution is -1.97. The summed E-state index contributed by atoms with van der Waals surface area (Å²) in [7, 11) is 2.00. The van der Waals surface area contributed by atoms with Crippen molar-refractivity contribution in [1.82, 2.24) is 14.5 Å². The van der Waals surface area contributed by atoms with E-state index < -0.39 is 0 Å². The van der Waals surface area contributed by atoms with Crippen LogP contribution in [0.1, 0.15) is 11.5 Å². The van der Waals surface area contributed by atoms with Crippen molar-refractivity contribution in [2.75, 3.05) is 0 Å². The number of hydrogen-bond donors (Lipinski definition) is 2. The molecule has 3 N–H and O–H groups in total. The molecule has 4 heteroatoms. The van der Waals surface area contributed by atoms with Gasteiger partial charge in [0.25, 0.3) is 0 Å². The number of aromatic nitrogens is 3. The maximum Gasteiger partial charge on any atom is 0.120 e. The van der Waals surface area contributed by atoms with Crippen LogP contribution in [0.25, 0.3) is 11.3 Å². The van der Waals surface area contributed by atoms with E-state index in [9.17, 15) is 0 Å². The van der Waals surface area contributed by atoms with Crippen molar-refractivity contribution in [3.8, 4) is 11.3 Å². The molecule has 2 rings (SSSR count). The minimum absolute atomic E-state index is 0.452. The molecule has 0 aliphatic heterocycles. The van der Waals surface area contributed by atoms with Crippen LogP contribution in [0.5, 0.6) is 0 Å². The largest absolute Gasteiger partial charge is 0.357 e. The summed E-state index contributed by atoms with van der Waals surface area (Å²) in [4.78, 5) is 7.57. The number of nitrogens with two attached hydrogens (primary N) is 1. The molecule has 0 radical (unpaired) electrons. The molecule has 0 spiro atoms. The van der Waals surface area contributed by atoms with Crippen molar-refractivity contribution in [3.05, 3.63) is 30.0 Å². The molecule has 0 aliphatic rings. The van der Waals surface area contributed by atoms with Crippen molar-refractivity contribution in [2.24, 2.45) is 12.8 Å². The van der Waals surface area contributed by atoms with Gasteiger partial charge in [-0.15, -0.1) is 0 Å². The standard InChI is InChI=1S/C10H14N4/c1-7-10(13-9(5-11)12-7)8-3-4-14(2)6-8/h3-4,6H,5,11H2,1-2H3,(H,12,13). The van der Waals surface area contributed by atoms with Gasteiger partial charge in [-0.2, -0.15) is 0 Å². The highest BCUT2D eigenvalue weighted by atomic mass is 15.0. The number of nitrogens with zero attached hydrogens (tertiary/aromatic N) is 2. The van der Waals surface area contributed by atoms with Crippen LogP contribution >= 0.6 is 0 Å². The van der Waals surface area contributed by atoms with Crippen molar-refractivity contribution >= 4 is 0 Å². The molecule has 4 nitrogen and oxygen atoms in total. The van der Waals surface area contributed by atoms with E-state index in [1.165, 1.54) is 0 Å². The predicted molar refractivity (Wildman–Crippen MR) is 55.6 cm³/mol. The Morgan fingerprint density at radius 1 is 1.57 bits per heavy atom. The first kappa shape index (κ1) is 9.02. The minimum atomic E-state index is 0.452. The summed E-state index contributed by atoms with van der Waals surface area (Å²) < 4.78 is 2.01. The van der Waals surface area contributed by atoms with Crippen molar-refractivity contribution in [2.45, 2.75) is 13.5 Å². The van der Waals surface area contributed by atoms with Crippen molar-refractivity contribution in [3.63, 3.8) is 0 Å². The lowest BCUT2D eigenvalue weighted by molar-refractivity contribution is 0.927. The molecule has 0 saturated carbocycles. The Morgan fingerprint density at radius 3 is 2.86 bits per heavy atom. The number of nitrogens with one attached hydrogen (secondary N) is 1. The Morgan fingerprint density at radius 2 is 2.36 bits per heavy atom. The molecule has 0 fully saturated rings. The number of aromatic amines is 1. The molecule has 2 aromatic heterocycles. The van der Waals surface area contributed by atoms with Crippen molar-refractivity contribution in [1.29, 1.82) is 0 Å². The Balaban J connectivity index is 2.45. The maximum atomic E-state index is 5.52. The molecule has 0 bridgehead atoms. The van der Waals surface area contributed by atoms with Gasteiger partial charge in [-0.05, 0) is 13.0 Å². The molecule has 0 atom stereocenters. The zero-order valence-electron chi connectivity index (χ0n) is 8.41. The van der Waals surface area contributed by atoms with Crippen LogP contribution < -0.4 is 5.73 Å². The summed E-state index contributed by atoms with van der Waals surface area (Å²) in [6.45, 7) is 2.46. The minimum Gasteiger partial charge on any atom is -0.357 e. The number of aryl methyl sites for hydroxylation is 2. The van der Waals surface area contributed by atoms with E-state index in [1.807, 2.05) is 37.0 Å². The van der Waals surface area contributed by atoms with E-state index in [0.717, 1.165) is 22.8 Å². The van der Waals surface area contributed by atoms with Crippen LogP contribution in [0.15, 0.2) is 18.5 Å². The van der Waals surface area contributed by atoms with Crippen LogP contribution in [-0.2, 0) is 13.6 Å². The highest BCUT2D eigenvalue weighted by Gasteiger charge is 2.08. The van der Waals surface area contributed by atoms with Crippen LogP contribution in [0, 0.1) is 6.92 Å². The summed E-state index contributed by atoms with van der Waals surface area (Å²) in [5, 5.41) is 0. The first-order valence-electron chi connectivity index (χ1n) is 4.58. The Hall–Kier alpha value is -1.55. The molecule has 14 heavy (non-hydrogen) atoms. The lowest BCUT2D eigenvalue weighted by Gasteiger charge is -1.92. The molecule has 0 aliphatic carbocycles. The van der Waals surface area contributed by atoms with Gasteiger partial charge in [0.1, 0.15) is 5.82 Å². The second-order valence-electron chi connectivity index (χ2n) is 3.43. The van der Waals surface area contributed by atoms with E-state index in [2.05, 4.69) is 9.97 Å². The molecular formula is C10H14N4. The maximum absolute atomic E-state index is 5.52. The summed E-state index contributed by atoms with van der Waals surface area (Å²) in [5.74, 6) is 0.835. The molecule has 2 heterocycles. The van der Waals surface area contributed by atoms with Gasteiger partial charge in [-0.1, -0.05) is 0 Å². The van der Waals surface area contributed by atoms with Gasteiger partial charge in [0.2, 0.25) is 0 Å². The quantitative estimate of drug-likeness (QED) is 0.747. The Labute approximate surface area is 82.8 Å². The Bertz CT molecular complexity index is 439. The summed E-state index contributed by atoms with van der Waals surface area (Å²) in [6, 6.07) is 2.05. The van der Waals surface area contributed by atoms with Crippen LogP contribution in [-0.4, -0.2) is 14.5 Å². The van der Waals surface area contributed by atoms with Crippen molar-refractivity contribution < 1.29 is 0 Å². The zero-order valence-corrected chi connectivity index (χ0v) is 8.41. The van der Waals surface area contributed by atoms with E-state index >= 15 is 0 Å². The van der Waals surface area contributed by atoms with Gasteiger partial charge < -0.3 is 15.3 Å². The second-order valence-corrected chi connectivity index (χ2v) is 3.43. The molecular weight excluding hydrogens is 176 g/mol. The molecule has 0 amide bonds. The summed E-state index contributed by atoms with van der Waals surface area (Å²) in [5.41, 5.74) is 8.70. The number of H-pyrrole nitrogens is 1. The highest BCUT2D eigenvalue weighted by molar-refractivity contribution is 5.61. The fraction of sp³-hybridized carbons (Fsp3) is 0.300. The fourth-order valence-electron chi connectivity index (χ4n) is 1.54. The van der Waals surface area contributed by atoms with E-state index in [0.29, 0.717) is 6.54 Å². The van der Waals surface area contributed by atoms with Crippen LogP contribution in [0.4, 0.5) is 0 Å². The SMILES string of the molecule is Cc1[nH]c(CN)nc1-c1ccn(C)c1. The number of hydrogen-bond acceptors (Lipinski definition) is 2. The van der Waals surface area contributed by atoms with Gasteiger partial charge in [0.05, 0.1) is 12.2 Å². The first-order valence-corrected chi connectivity index (χ1v) is 4.58. The highest BCUT2D eigenvalue weighted by Crippen LogP contribution is 2.20. The zero-order chi connectivity index (χ0) is 10.1. The third-order valence-electron chi connectivity index (χ3n) is 2.23. The third-order valence-corrected chi connectivity index (χ3v) is 2.23. The predicted octanol–water partition coefficient (Wildman–Crippen LogP) is 1.18. The first-order chi connectivity index (χ1) is 6.70. The fourth-order valence-corrected chi connectivity index (χ4v) is 1.54. The van der Waals surface area contributed by atoms with Gasteiger partial charge in [-0.3, -0.25) is 0 Å². The van der Waals surface area contributed by atoms with E-state index in [-0.39, 0.29) is 0 Å². The van der Waals surface area contributed by atoms with E-state index in [1.54, 1.807) is 0 Å². The molecule has 74 valence electrons. The lowest BCUT2D eigenvalue weighted by atomic mass is 10.2. The molecule has 0 saturated heterocycles. The average Bonchev–Trinajstić information content (AvgIpc) is 2.71. The summed E-state index contributed by atoms with van der Waals surface area (Å²) >= 11 is 0. The molecule has 0 aromatic carbocycles. The number of imidazole rings is 1.